The van der Waals surface area contributed by atoms with Gasteiger partial charge < -0.3 is 9.64 Å². The molecule has 0 saturated carbocycles. The molecule has 3 rings (SSSR count). The number of para-hydroxylation sites is 1. The van der Waals surface area contributed by atoms with Crippen LogP contribution in [0.5, 0.6) is 5.75 Å². The van der Waals surface area contributed by atoms with E-state index in [0.29, 0.717) is 26.1 Å². The molecule has 0 aliphatic carbocycles. The molecule has 0 N–H and O–H groups in total. The van der Waals surface area contributed by atoms with E-state index < -0.39 is 15.4 Å². The SMILES string of the molecule is CCCN(C(=O)CN1Cc2ccccc2OC(C)(C)C1)C1CCS(=O)(=O)C1. The number of carbonyl (C=O) groups excluding carboxylic acids is 1. The van der Waals surface area contributed by atoms with Crippen molar-refractivity contribution < 1.29 is 17.9 Å². The summed E-state index contributed by atoms with van der Waals surface area (Å²) >= 11 is 0. The maximum atomic E-state index is 13.1. The molecule has 1 aromatic rings. The number of benzene rings is 1. The molecule has 0 radical (unpaired) electrons. The highest BCUT2D eigenvalue weighted by Crippen LogP contribution is 2.29. The molecule has 6 nitrogen and oxygen atoms in total. The number of nitrogens with zero attached hydrogens (tertiary/aromatic N) is 2. The predicted octanol–water partition coefficient (Wildman–Crippen LogP) is 2.09. The van der Waals surface area contributed by atoms with E-state index in [1.165, 1.54) is 0 Å². The average molecular weight is 395 g/mol. The fraction of sp³-hybridized carbons (Fsp3) is 0.650. The van der Waals surface area contributed by atoms with Crippen LogP contribution in [0.25, 0.3) is 0 Å². The summed E-state index contributed by atoms with van der Waals surface area (Å²) in [7, 11) is -3.02. The smallest absolute Gasteiger partial charge is 0.237 e. The molecule has 1 aromatic carbocycles. The van der Waals surface area contributed by atoms with Gasteiger partial charge in [0.05, 0.1) is 18.1 Å². The van der Waals surface area contributed by atoms with Crippen LogP contribution in [0.3, 0.4) is 0 Å². The van der Waals surface area contributed by atoms with Crippen LogP contribution in [0, 0.1) is 0 Å². The molecule has 0 spiro atoms. The van der Waals surface area contributed by atoms with Crippen LogP contribution in [0.2, 0.25) is 0 Å². The fourth-order valence-corrected chi connectivity index (χ4v) is 5.80. The summed E-state index contributed by atoms with van der Waals surface area (Å²) in [6.07, 6.45) is 1.37. The molecule has 2 heterocycles. The van der Waals surface area contributed by atoms with Crippen LogP contribution in [0.15, 0.2) is 24.3 Å². The second kappa shape index (κ2) is 7.80. The van der Waals surface area contributed by atoms with Gasteiger partial charge in [0.2, 0.25) is 5.91 Å². The lowest BCUT2D eigenvalue weighted by Gasteiger charge is -2.33. The van der Waals surface area contributed by atoms with Gasteiger partial charge in [-0.05, 0) is 32.8 Å². The standard InChI is InChI=1S/C20H30N2O4S/c1-4-10-22(17-9-11-27(24,25)14-17)19(23)13-21-12-16-7-5-6-8-18(16)26-20(2,3)15-21/h5-8,17H,4,9-15H2,1-3H3. The summed E-state index contributed by atoms with van der Waals surface area (Å²) in [5.41, 5.74) is 0.667. The number of hydrogen-bond acceptors (Lipinski definition) is 5. The number of fused-ring (bicyclic) bond motifs is 1. The van der Waals surface area contributed by atoms with E-state index in [0.717, 1.165) is 17.7 Å². The normalized spacial score (nSPS) is 23.9. The van der Waals surface area contributed by atoms with E-state index in [1.54, 1.807) is 4.90 Å². The zero-order valence-corrected chi connectivity index (χ0v) is 17.3. The summed E-state index contributed by atoms with van der Waals surface area (Å²) in [6, 6.07) is 7.74. The molecule has 150 valence electrons. The van der Waals surface area contributed by atoms with Crippen molar-refractivity contribution in [2.45, 2.75) is 51.8 Å². The molecule has 7 heteroatoms. The van der Waals surface area contributed by atoms with Crippen molar-refractivity contribution in [2.24, 2.45) is 0 Å². The third-order valence-corrected chi connectivity index (χ3v) is 6.90. The van der Waals surface area contributed by atoms with Crippen LogP contribution in [-0.4, -0.2) is 66.9 Å². The van der Waals surface area contributed by atoms with Crippen LogP contribution < -0.4 is 4.74 Å². The van der Waals surface area contributed by atoms with Gasteiger partial charge in [0.1, 0.15) is 11.4 Å². The van der Waals surface area contributed by atoms with Crippen molar-refractivity contribution in [2.75, 3.05) is 31.1 Å². The number of rotatable bonds is 5. The number of hydrogen-bond donors (Lipinski definition) is 0. The van der Waals surface area contributed by atoms with Crippen molar-refractivity contribution in [3.63, 3.8) is 0 Å². The molecule has 1 atom stereocenters. The van der Waals surface area contributed by atoms with Crippen molar-refractivity contribution in [1.29, 1.82) is 0 Å². The van der Waals surface area contributed by atoms with Crippen molar-refractivity contribution in [3.8, 4) is 5.75 Å². The first-order valence-electron chi connectivity index (χ1n) is 9.68. The monoisotopic (exact) mass is 394 g/mol. The summed E-state index contributed by atoms with van der Waals surface area (Å²) in [6.45, 7) is 8.23. The Hall–Kier alpha value is -1.60. The van der Waals surface area contributed by atoms with Crippen LogP contribution >= 0.6 is 0 Å². The number of ether oxygens (including phenoxy) is 1. The maximum Gasteiger partial charge on any atom is 0.237 e. The van der Waals surface area contributed by atoms with Crippen LogP contribution in [0.4, 0.5) is 0 Å². The van der Waals surface area contributed by atoms with E-state index in [2.05, 4.69) is 4.90 Å². The highest BCUT2D eigenvalue weighted by Gasteiger charge is 2.36. The minimum atomic E-state index is -3.02. The average Bonchev–Trinajstić information content (AvgIpc) is 2.86. The van der Waals surface area contributed by atoms with Gasteiger partial charge in [-0.25, -0.2) is 8.42 Å². The summed E-state index contributed by atoms with van der Waals surface area (Å²) in [5.74, 6) is 1.15. The lowest BCUT2D eigenvalue weighted by molar-refractivity contribution is -0.134. The van der Waals surface area contributed by atoms with Crippen molar-refractivity contribution in [3.05, 3.63) is 29.8 Å². The first-order chi connectivity index (χ1) is 12.7. The Balaban J connectivity index is 1.75. The quantitative estimate of drug-likeness (QED) is 0.765. The summed E-state index contributed by atoms with van der Waals surface area (Å²) < 4.78 is 29.9. The number of carbonyl (C=O) groups is 1. The van der Waals surface area contributed by atoms with E-state index in [1.807, 2.05) is 45.0 Å². The molecule has 0 aromatic heterocycles. The van der Waals surface area contributed by atoms with Gasteiger partial charge in [-0.2, -0.15) is 0 Å². The number of amides is 1. The summed E-state index contributed by atoms with van der Waals surface area (Å²) in [5, 5.41) is 0. The van der Waals surface area contributed by atoms with Gasteiger partial charge in [-0.3, -0.25) is 9.69 Å². The highest BCUT2D eigenvalue weighted by molar-refractivity contribution is 7.91. The molecule has 2 aliphatic heterocycles. The third kappa shape index (κ3) is 5.02. The zero-order chi connectivity index (χ0) is 19.7. The van der Waals surface area contributed by atoms with E-state index in [9.17, 15) is 13.2 Å². The minimum absolute atomic E-state index is 0.00845. The van der Waals surface area contributed by atoms with Crippen LogP contribution in [0.1, 0.15) is 39.2 Å². The lowest BCUT2D eigenvalue weighted by Crippen LogP contribution is -2.49. The molecule has 1 fully saturated rings. The van der Waals surface area contributed by atoms with E-state index >= 15 is 0 Å². The Bertz CT molecular complexity index is 791. The van der Waals surface area contributed by atoms with Gasteiger partial charge in [0.25, 0.3) is 0 Å². The van der Waals surface area contributed by atoms with Gasteiger partial charge >= 0.3 is 0 Å². The third-order valence-electron chi connectivity index (χ3n) is 5.15. The Morgan fingerprint density at radius 2 is 2.07 bits per heavy atom. The van der Waals surface area contributed by atoms with Gasteiger partial charge in [0.15, 0.2) is 9.84 Å². The lowest BCUT2D eigenvalue weighted by atomic mass is 10.1. The van der Waals surface area contributed by atoms with Gasteiger partial charge in [-0.1, -0.05) is 25.1 Å². The summed E-state index contributed by atoms with van der Waals surface area (Å²) in [4.78, 5) is 17.0. The molecule has 1 amide bonds. The Labute approximate surface area is 162 Å². The van der Waals surface area contributed by atoms with Crippen molar-refractivity contribution in [1.82, 2.24) is 9.80 Å². The Kier molecular flexibility index (Phi) is 5.82. The first-order valence-corrected chi connectivity index (χ1v) is 11.5. The largest absolute Gasteiger partial charge is 0.486 e. The molecule has 2 aliphatic rings. The van der Waals surface area contributed by atoms with E-state index in [4.69, 9.17) is 4.74 Å². The molecular weight excluding hydrogens is 364 g/mol. The molecule has 0 bridgehead atoms. The van der Waals surface area contributed by atoms with Crippen LogP contribution in [-0.2, 0) is 21.2 Å². The predicted molar refractivity (Wildman–Crippen MR) is 105 cm³/mol. The molecule has 1 unspecified atom stereocenters. The highest BCUT2D eigenvalue weighted by atomic mass is 32.2. The Morgan fingerprint density at radius 1 is 1.33 bits per heavy atom. The van der Waals surface area contributed by atoms with E-state index in [-0.39, 0.29) is 30.0 Å². The molecule has 27 heavy (non-hydrogen) atoms. The second-order valence-corrected chi connectivity index (χ2v) is 10.5. The molecular formula is C20H30N2O4S. The second-order valence-electron chi connectivity index (χ2n) is 8.26. The minimum Gasteiger partial charge on any atom is -0.486 e. The van der Waals surface area contributed by atoms with Gasteiger partial charge in [0, 0.05) is 31.2 Å². The fourth-order valence-electron chi connectivity index (χ4n) is 4.07. The maximum absolute atomic E-state index is 13.1. The molecule has 1 saturated heterocycles. The zero-order valence-electron chi connectivity index (χ0n) is 16.5. The first kappa shape index (κ1) is 20.1. The Morgan fingerprint density at radius 3 is 2.74 bits per heavy atom. The topological polar surface area (TPSA) is 66.9 Å². The van der Waals surface area contributed by atoms with Crippen molar-refractivity contribution >= 4 is 15.7 Å². The number of sulfone groups is 1. The van der Waals surface area contributed by atoms with Gasteiger partial charge in [-0.15, -0.1) is 0 Å².